The summed E-state index contributed by atoms with van der Waals surface area (Å²) in [6.07, 6.45) is 0.133. The molecule has 1 amide bonds. The minimum atomic E-state index is -1.33. The first-order valence-electron chi connectivity index (χ1n) is 14.4. The van der Waals surface area contributed by atoms with Crippen molar-refractivity contribution in [3.05, 3.63) is 124 Å². The first-order chi connectivity index (χ1) is 21.5. The zero-order valence-electron chi connectivity index (χ0n) is 24.7. The van der Waals surface area contributed by atoms with Gasteiger partial charge in [-0.15, -0.1) is 0 Å². The van der Waals surface area contributed by atoms with Crippen LogP contribution in [-0.4, -0.2) is 49.9 Å². The first kappa shape index (κ1) is 31.1. The van der Waals surface area contributed by atoms with Gasteiger partial charge in [0.2, 0.25) is 5.90 Å². The van der Waals surface area contributed by atoms with Crippen molar-refractivity contribution in [2.45, 2.75) is 31.0 Å². The van der Waals surface area contributed by atoms with E-state index in [4.69, 9.17) is 29.0 Å². The second-order valence-electron chi connectivity index (χ2n) is 10.3. The van der Waals surface area contributed by atoms with Gasteiger partial charge in [-0.1, -0.05) is 70.5 Å². The number of aliphatic imine (C=N–C) groups is 1. The molecule has 0 fully saturated rings. The van der Waals surface area contributed by atoms with Gasteiger partial charge in [-0.05, 0) is 53.6 Å². The van der Waals surface area contributed by atoms with Crippen molar-refractivity contribution in [2.24, 2.45) is 4.99 Å². The highest BCUT2D eigenvalue weighted by atomic mass is 79.9. The van der Waals surface area contributed by atoms with Gasteiger partial charge in [-0.3, -0.25) is 4.79 Å². The molecule has 8 nitrogen and oxygen atoms in total. The number of rotatable bonds is 13. The number of hydrogen-bond acceptors (Lipinski definition) is 7. The topological polar surface area (TPSA) is 98.6 Å². The molecule has 0 spiro atoms. The van der Waals surface area contributed by atoms with Crippen LogP contribution in [0.2, 0.25) is 0 Å². The Kier molecular flexibility index (Phi) is 10.2. The SMILES string of the molecule is COc1ccc(CNC(=O)[C@]2(Cc3ccccc3)N=C(c3ccc(OCCCO)cc3)O[C@@H]2c2ccccc2Br)cc1OC. The molecule has 0 aromatic heterocycles. The molecule has 4 aromatic rings. The number of halogens is 1. The molecule has 44 heavy (non-hydrogen) atoms. The van der Waals surface area contributed by atoms with E-state index in [2.05, 4.69) is 21.2 Å². The zero-order valence-corrected chi connectivity index (χ0v) is 26.3. The lowest BCUT2D eigenvalue weighted by Crippen LogP contribution is -2.49. The van der Waals surface area contributed by atoms with Gasteiger partial charge in [-0.2, -0.15) is 0 Å². The molecule has 0 unspecified atom stereocenters. The summed E-state index contributed by atoms with van der Waals surface area (Å²) in [4.78, 5) is 19.6. The average Bonchev–Trinajstić information content (AvgIpc) is 3.44. The Balaban J connectivity index is 1.54. The van der Waals surface area contributed by atoms with Gasteiger partial charge in [0.1, 0.15) is 5.75 Å². The number of amides is 1. The maximum atomic E-state index is 14.5. The van der Waals surface area contributed by atoms with E-state index >= 15 is 0 Å². The monoisotopic (exact) mass is 658 g/mol. The molecule has 1 aliphatic heterocycles. The second kappa shape index (κ2) is 14.4. The standard InChI is InChI=1S/C35H35BrN2O6/c1-41-30-18-13-25(21-31(30)42-2)23-37-34(40)35(22-24-9-4-3-5-10-24)32(28-11-6-7-12-29(28)36)44-33(38-35)26-14-16-27(17-15-26)43-20-8-19-39/h3-7,9-18,21,32,39H,8,19-20,22-23H2,1-2H3,(H,37,40)/t32-,35-/m1/s1. The maximum Gasteiger partial charge on any atom is 0.252 e. The molecule has 0 bridgehead atoms. The van der Waals surface area contributed by atoms with Gasteiger partial charge < -0.3 is 29.4 Å². The van der Waals surface area contributed by atoms with Crippen LogP contribution >= 0.6 is 15.9 Å². The molecule has 0 aliphatic carbocycles. The quantitative estimate of drug-likeness (QED) is 0.170. The number of aliphatic hydroxyl groups excluding tert-OH is 1. The van der Waals surface area contributed by atoms with Crippen LogP contribution in [0.25, 0.3) is 0 Å². The fraction of sp³-hybridized carbons (Fsp3) is 0.257. The number of ether oxygens (including phenoxy) is 4. The number of hydrogen-bond donors (Lipinski definition) is 2. The van der Waals surface area contributed by atoms with E-state index in [-0.39, 0.29) is 19.1 Å². The molecule has 5 rings (SSSR count). The van der Waals surface area contributed by atoms with E-state index in [1.807, 2.05) is 97.1 Å². The molecule has 228 valence electrons. The number of nitrogens with one attached hydrogen (secondary N) is 1. The van der Waals surface area contributed by atoms with E-state index in [0.717, 1.165) is 26.7 Å². The molecule has 4 aromatic carbocycles. The Morgan fingerprint density at radius 3 is 2.36 bits per heavy atom. The maximum absolute atomic E-state index is 14.5. The predicted octanol–water partition coefficient (Wildman–Crippen LogP) is 6.04. The molecule has 2 atom stereocenters. The van der Waals surface area contributed by atoms with Crippen molar-refractivity contribution in [2.75, 3.05) is 27.4 Å². The van der Waals surface area contributed by atoms with Crippen molar-refractivity contribution >= 4 is 27.7 Å². The molecule has 1 heterocycles. The number of carbonyl (C=O) groups is 1. The van der Waals surface area contributed by atoms with Crippen LogP contribution in [0.1, 0.15) is 34.8 Å². The zero-order chi connectivity index (χ0) is 30.9. The average molecular weight is 660 g/mol. The van der Waals surface area contributed by atoms with Crippen LogP contribution in [-0.2, 0) is 22.5 Å². The van der Waals surface area contributed by atoms with Crippen LogP contribution in [0.15, 0.2) is 107 Å². The number of benzene rings is 4. The molecule has 0 radical (unpaired) electrons. The molecular formula is C35H35BrN2O6. The van der Waals surface area contributed by atoms with Crippen LogP contribution in [0.3, 0.4) is 0 Å². The lowest BCUT2D eigenvalue weighted by Gasteiger charge is -2.31. The van der Waals surface area contributed by atoms with Crippen LogP contribution in [0.4, 0.5) is 0 Å². The fourth-order valence-electron chi connectivity index (χ4n) is 5.18. The van der Waals surface area contributed by atoms with Crippen molar-refractivity contribution < 1.29 is 28.8 Å². The Labute approximate surface area is 265 Å². The Morgan fingerprint density at radius 2 is 1.66 bits per heavy atom. The smallest absolute Gasteiger partial charge is 0.252 e. The summed E-state index contributed by atoms with van der Waals surface area (Å²) in [6.45, 7) is 0.734. The van der Waals surface area contributed by atoms with Gasteiger partial charge in [0.15, 0.2) is 23.1 Å². The minimum Gasteiger partial charge on any atom is -0.494 e. The molecule has 1 aliphatic rings. The molecular weight excluding hydrogens is 624 g/mol. The van der Waals surface area contributed by atoms with Gasteiger partial charge in [-0.25, -0.2) is 4.99 Å². The third-order valence-corrected chi connectivity index (χ3v) is 8.16. The molecule has 0 saturated carbocycles. The third-order valence-electron chi connectivity index (χ3n) is 7.44. The van der Waals surface area contributed by atoms with Gasteiger partial charge >= 0.3 is 0 Å². The van der Waals surface area contributed by atoms with Crippen molar-refractivity contribution in [3.8, 4) is 17.2 Å². The number of nitrogens with zero attached hydrogens (tertiary/aromatic N) is 1. The van der Waals surface area contributed by atoms with Gasteiger partial charge in [0.05, 0.1) is 20.8 Å². The number of methoxy groups -OCH3 is 2. The van der Waals surface area contributed by atoms with Crippen LogP contribution in [0.5, 0.6) is 17.2 Å². The summed E-state index contributed by atoms with van der Waals surface area (Å²) >= 11 is 3.69. The van der Waals surface area contributed by atoms with Crippen molar-refractivity contribution in [1.82, 2.24) is 5.32 Å². The predicted molar refractivity (Wildman–Crippen MR) is 172 cm³/mol. The molecule has 0 saturated heterocycles. The highest BCUT2D eigenvalue weighted by Gasteiger charge is 2.53. The Hall–Kier alpha value is -4.34. The highest BCUT2D eigenvalue weighted by molar-refractivity contribution is 9.10. The van der Waals surface area contributed by atoms with Gasteiger partial charge in [0, 0.05) is 41.6 Å². The lowest BCUT2D eigenvalue weighted by atomic mass is 9.82. The van der Waals surface area contributed by atoms with E-state index in [0.29, 0.717) is 42.6 Å². The fourth-order valence-corrected chi connectivity index (χ4v) is 5.67. The van der Waals surface area contributed by atoms with E-state index < -0.39 is 11.6 Å². The Bertz CT molecular complexity index is 1590. The lowest BCUT2D eigenvalue weighted by molar-refractivity contribution is -0.129. The molecule has 2 N–H and O–H groups in total. The largest absolute Gasteiger partial charge is 0.494 e. The van der Waals surface area contributed by atoms with Crippen molar-refractivity contribution in [1.29, 1.82) is 0 Å². The summed E-state index contributed by atoms with van der Waals surface area (Å²) in [5.41, 5.74) is 2.01. The normalized spacial score (nSPS) is 17.4. The van der Waals surface area contributed by atoms with E-state index in [1.165, 1.54) is 0 Å². The van der Waals surface area contributed by atoms with Gasteiger partial charge in [0.25, 0.3) is 5.91 Å². The highest BCUT2D eigenvalue weighted by Crippen LogP contribution is 2.44. The number of carbonyl (C=O) groups excluding carboxylic acids is 1. The van der Waals surface area contributed by atoms with Crippen LogP contribution < -0.4 is 19.5 Å². The Morgan fingerprint density at radius 1 is 0.932 bits per heavy atom. The summed E-state index contributed by atoms with van der Waals surface area (Å²) < 4.78 is 24.0. The van der Waals surface area contributed by atoms with Crippen LogP contribution in [0, 0.1) is 0 Å². The summed E-state index contributed by atoms with van der Waals surface area (Å²) in [5, 5.41) is 12.2. The number of aliphatic hydroxyl groups is 1. The summed E-state index contributed by atoms with van der Waals surface area (Å²) in [6, 6.07) is 30.5. The molecule has 9 heteroatoms. The second-order valence-corrected chi connectivity index (χ2v) is 11.2. The summed E-state index contributed by atoms with van der Waals surface area (Å²) in [5.74, 6) is 1.96. The third kappa shape index (κ3) is 6.90. The minimum absolute atomic E-state index is 0.0662. The van der Waals surface area contributed by atoms with E-state index in [9.17, 15) is 4.79 Å². The summed E-state index contributed by atoms with van der Waals surface area (Å²) in [7, 11) is 3.17. The van der Waals surface area contributed by atoms with Crippen molar-refractivity contribution in [3.63, 3.8) is 0 Å². The van der Waals surface area contributed by atoms with E-state index in [1.54, 1.807) is 14.2 Å². The first-order valence-corrected chi connectivity index (χ1v) is 15.1.